The Morgan fingerprint density at radius 2 is 1.08 bits per heavy atom. The van der Waals surface area contributed by atoms with Crippen LogP contribution in [0.5, 0.6) is 5.75 Å². The Bertz CT molecular complexity index is 5110. The van der Waals surface area contributed by atoms with Gasteiger partial charge in [-0.2, -0.15) is 0 Å². The van der Waals surface area contributed by atoms with Gasteiger partial charge in [0.1, 0.15) is 84.3 Å². The molecule has 708 valence electrons. The molecule has 0 spiro atoms. The number of aliphatic hydroxyl groups is 2. The number of imidazole rings is 1. The van der Waals surface area contributed by atoms with Crippen LogP contribution < -0.4 is 70.4 Å². The van der Waals surface area contributed by atoms with Crippen LogP contribution in [0, 0.1) is 0 Å². The van der Waals surface area contributed by atoms with Crippen LogP contribution in [0.15, 0.2) is 97.7 Å². The summed E-state index contributed by atoms with van der Waals surface area (Å²) in [7, 11) is 3.88. The minimum Gasteiger partial charge on any atom is -0.508 e. The number of aromatic amines is 3. The molecule has 3 aliphatic heterocycles. The van der Waals surface area contributed by atoms with Gasteiger partial charge in [0.15, 0.2) is 0 Å². The van der Waals surface area contributed by atoms with Gasteiger partial charge in [-0.25, -0.2) is 4.98 Å². The molecule has 14 atom stereocenters. The van der Waals surface area contributed by atoms with Crippen molar-refractivity contribution in [3.8, 4) is 5.75 Å². The van der Waals surface area contributed by atoms with Gasteiger partial charge in [0.2, 0.25) is 106 Å². The van der Waals surface area contributed by atoms with E-state index in [4.69, 9.17) is 17.2 Å². The number of phenolic OH excluding ortho intramolecular Hbond substituents is 1. The molecule has 3 aliphatic rings. The fourth-order valence-corrected chi connectivity index (χ4v) is 16.9. The maximum atomic E-state index is 15.6. The Morgan fingerprint density at radius 3 is 1.69 bits per heavy atom. The molecule has 18 amide bonds. The van der Waals surface area contributed by atoms with Crippen molar-refractivity contribution in [2.45, 2.75) is 215 Å². The van der Waals surface area contributed by atoms with Crippen LogP contribution in [0.4, 0.5) is 0 Å². The number of thioether (sulfide) groups is 1. The number of likely N-dealkylation sites (N-methyl/N-ethyl adjacent to an activating group) is 3. The number of nitrogens with zero attached hydrogens (tertiary/aromatic N) is 6. The number of benzene rings is 3. The topological polar surface area (TPSA) is 643 Å². The van der Waals surface area contributed by atoms with E-state index in [-0.39, 0.29) is 88.6 Å². The molecular weight excluding hydrogens is 1720 g/mol. The number of aromatic nitrogens is 4. The number of phenols is 1. The summed E-state index contributed by atoms with van der Waals surface area (Å²) in [5.41, 5.74) is 19.4. The normalized spacial score (nSPS) is 24.6. The molecule has 3 aromatic carbocycles. The van der Waals surface area contributed by atoms with E-state index >= 15 is 33.6 Å². The zero-order valence-electron chi connectivity index (χ0n) is 73.8. The summed E-state index contributed by atoms with van der Waals surface area (Å²) in [5.74, 6) is -18.3. The monoisotopic (exact) mass is 1840 g/mol. The second-order valence-corrected chi connectivity index (χ2v) is 34.0. The summed E-state index contributed by atoms with van der Waals surface area (Å²) < 4.78 is 0. The van der Waals surface area contributed by atoms with E-state index in [1.54, 1.807) is 60.9 Å². The lowest BCUT2D eigenvalue weighted by Crippen LogP contribution is -2.61. The summed E-state index contributed by atoms with van der Waals surface area (Å²) in [5, 5.41) is 59.8. The Kier molecular flexibility index (Phi) is 37.3. The molecule has 6 aromatic rings. The van der Waals surface area contributed by atoms with E-state index in [0.717, 1.165) is 36.3 Å². The molecule has 22 N–H and O–H groups in total. The molecule has 6 heterocycles. The largest absolute Gasteiger partial charge is 0.508 e. The van der Waals surface area contributed by atoms with E-state index in [9.17, 15) is 68.1 Å². The highest BCUT2D eigenvalue weighted by molar-refractivity contribution is 8.00. The fraction of sp³-hybridized carbons (Fsp3) is 0.506. The molecule has 0 aliphatic carbocycles. The molecule has 0 bridgehead atoms. The number of fused-ring (bicyclic) bond motifs is 4. The highest BCUT2D eigenvalue weighted by Crippen LogP contribution is 2.28. The third-order valence-electron chi connectivity index (χ3n) is 23.3. The number of unbranched alkanes of at least 4 members (excludes halogenated alkanes) is 2. The smallest absolute Gasteiger partial charge is 0.246 e. The average molecular weight is 1840 g/mol. The van der Waals surface area contributed by atoms with Crippen LogP contribution in [0.2, 0.25) is 0 Å². The van der Waals surface area contributed by atoms with Crippen molar-refractivity contribution < 1.29 is 102 Å². The highest BCUT2D eigenvalue weighted by Gasteiger charge is 2.46. The number of hydrogen-bond donors (Lipinski definition) is 19. The first-order valence-corrected chi connectivity index (χ1v) is 44.6. The number of rotatable bonds is 24. The number of aromatic hydroxyl groups is 1. The number of nitrogens with one attached hydrogen (secondary N) is 13. The zero-order chi connectivity index (χ0) is 95.4. The molecule has 3 fully saturated rings. The molecule has 3 saturated heterocycles. The van der Waals surface area contributed by atoms with Crippen molar-refractivity contribution in [3.63, 3.8) is 0 Å². The van der Waals surface area contributed by atoms with Crippen LogP contribution in [0.25, 0.3) is 21.8 Å². The van der Waals surface area contributed by atoms with Crippen molar-refractivity contribution >= 4 is 140 Å². The quantitative estimate of drug-likeness (QED) is 0.0275. The number of nitrogens with two attached hydrogens (primary N) is 3. The predicted molar refractivity (Wildman–Crippen MR) is 475 cm³/mol. The summed E-state index contributed by atoms with van der Waals surface area (Å²) in [6, 6.07) is -1.07. The molecule has 131 heavy (non-hydrogen) atoms. The third kappa shape index (κ3) is 28.0. The minimum absolute atomic E-state index is 0.00784. The van der Waals surface area contributed by atoms with E-state index in [2.05, 4.69) is 73.1 Å². The zero-order valence-corrected chi connectivity index (χ0v) is 74.6. The number of para-hydroxylation sites is 2. The van der Waals surface area contributed by atoms with Crippen molar-refractivity contribution in [1.82, 2.24) is 97.6 Å². The average Bonchev–Trinajstić information content (AvgIpc) is 1.62. The molecular formula is C87H118N22O21S. The molecule has 0 unspecified atom stereocenters. The predicted octanol–water partition coefficient (Wildman–Crippen LogP) is -3.95. The summed E-state index contributed by atoms with van der Waals surface area (Å²) in [6.45, 7) is 1.62. The van der Waals surface area contributed by atoms with Crippen molar-refractivity contribution in [2.24, 2.45) is 17.2 Å². The first-order valence-electron chi connectivity index (χ1n) is 43.4. The second kappa shape index (κ2) is 48.2. The van der Waals surface area contributed by atoms with Gasteiger partial charge in [0.25, 0.3) is 0 Å². The van der Waals surface area contributed by atoms with E-state index in [1.165, 1.54) is 64.9 Å². The van der Waals surface area contributed by atoms with Gasteiger partial charge in [-0.3, -0.25) is 86.3 Å². The van der Waals surface area contributed by atoms with Crippen LogP contribution in [0.1, 0.15) is 127 Å². The van der Waals surface area contributed by atoms with Crippen LogP contribution in [-0.2, 0) is 112 Å². The van der Waals surface area contributed by atoms with Gasteiger partial charge in [-0.05, 0) is 86.4 Å². The lowest BCUT2D eigenvalue weighted by Gasteiger charge is -2.36. The van der Waals surface area contributed by atoms with E-state index in [1.807, 2.05) is 13.8 Å². The number of hydrogen-bond acceptors (Lipinski definition) is 23. The molecule has 0 saturated carbocycles. The summed E-state index contributed by atoms with van der Waals surface area (Å²) >= 11 is 0.771. The van der Waals surface area contributed by atoms with Gasteiger partial charge < -0.3 is 125 Å². The SMILES string of the molecule is CCCC[C@H]1C(=O)N(C)[C@@H](CCCC)C(=O)NCC(=O)N[C@H](C(=O)NCC(N)=O)CSCC(=O)N[C@@H](Cc2ccc(O)cc2)C(=O)N(C)[C@@H](C)C(=O)N[C@@H](CC(N)=O)C(=O)N2CCC[C@H]2C(=O)N[C@@H](Cc2c[nH]cn2)C(=O)N[C@@H](CCCC(N)=O)C(=O)N2C[C@H](O)C[C@H]2C(=O)N[C@@H](Cc2c[nH]c3ccccc23)C(=O)N[C@@H](CO)C(=O)N[C@@H](Cc2c[nH]c3ccccc23)C(=O)N1C. The number of aliphatic hydroxyl groups excluding tert-OH is 2. The van der Waals surface area contributed by atoms with Crippen LogP contribution in [0.3, 0.4) is 0 Å². The van der Waals surface area contributed by atoms with Gasteiger partial charge >= 0.3 is 0 Å². The Labute approximate surface area is 758 Å². The molecule has 3 aromatic heterocycles. The van der Waals surface area contributed by atoms with Gasteiger partial charge in [0.05, 0.1) is 50.0 Å². The number of primary amides is 3. The third-order valence-corrected chi connectivity index (χ3v) is 24.4. The maximum absolute atomic E-state index is 15.6. The molecule has 44 heteroatoms. The lowest BCUT2D eigenvalue weighted by atomic mass is 10.00. The molecule has 0 radical (unpaired) electrons. The minimum atomic E-state index is -1.90. The lowest BCUT2D eigenvalue weighted by molar-refractivity contribution is -0.149. The standard InChI is InChI=1S/C87H118N22O21S/c1-7-9-22-66-80(123)95-41-73(116)98-65(76(119)94-40-72(90)115)44-131-45-74(117)97-61(31-48-26-28-52(111)29-27-48)83(126)105(4)47(3)75(118)102-63(36-71(89)114)86(129)108-30-16-24-67(108)81(124)101-60(34-51-39-91-46-96-51)78(121)99-58(21-15-25-70(88)113)85(128)109-42-53(112)35-69(109)82(125)100-59(32-49-37-92-56-19-13-11-17-54(49)56)77(120)104-64(43-110)79(122)103-62(33-50-38-93-57-20-14-12-18-55(50)57)84(127)107(6)68(23-10-8-2)87(130)106(66)5/h11-14,17-20,26-29,37-39,46-47,53,58-69,92-93,110-112H,7-10,15-16,21-25,30-36,40-45H2,1-6H3,(H2,88,113)(H2,89,114)(H2,90,115)(H,91,96)(H,94,119)(H,95,123)(H,97,117)(H,98,116)(H,99,121)(H,100,125)(H,101,124)(H,102,118)(H,103,122)(H,104,120)/t47-,53+,58-,59-,60-,61-,62-,63-,64-,65-,66-,67-,68-,69-/m0/s1. The first-order chi connectivity index (χ1) is 62.5. The number of H-pyrrole nitrogens is 3. The first kappa shape index (κ1) is 101. The van der Waals surface area contributed by atoms with E-state index in [0.29, 0.717) is 64.2 Å². The Balaban J connectivity index is 1.08. The fourth-order valence-electron chi connectivity index (χ4n) is 16.0. The second-order valence-electron chi connectivity index (χ2n) is 32.9. The van der Waals surface area contributed by atoms with Crippen molar-refractivity contribution in [3.05, 3.63) is 120 Å². The van der Waals surface area contributed by atoms with Crippen LogP contribution in [-0.4, -0.2) is 316 Å². The summed E-state index contributed by atoms with van der Waals surface area (Å²) in [4.78, 5) is 278. The van der Waals surface area contributed by atoms with Gasteiger partial charge in [0, 0.05) is 119 Å². The number of carbonyl (C=O) groups is 18. The maximum Gasteiger partial charge on any atom is 0.246 e. The highest BCUT2D eigenvalue weighted by atomic mass is 32.2. The van der Waals surface area contributed by atoms with Gasteiger partial charge in [-0.15, -0.1) is 11.8 Å². The number of carbonyl (C=O) groups excluding carboxylic acids is 18. The number of amides is 18. The summed E-state index contributed by atoms with van der Waals surface area (Å²) in [6.07, 6.45) is 2.92. The van der Waals surface area contributed by atoms with E-state index < -0.39 is 242 Å². The van der Waals surface area contributed by atoms with Crippen LogP contribution >= 0.6 is 11.8 Å². The molecule has 9 rings (SSSR count). The van der Waals surface area contributed by atoms with Gasteiger partial charge in [-0.1, -0.05) is 88.1 Å². The van der Waals surface area contributed by atoms with Crippen molar-refractivity contribution in [1.29, 1.82) is 0 Å². The molecule has 43 nitrogen and oxygen atoms in total. The Morgan fingerprint density at radius 1 is 0.534 bits per heavy atom. The van der Waals surface area contributed by atoms with Crippen molar-refractivity contribution in [2.75, 3.05) is 65.4 Å². The Hall–Kier alpha value is -13.5.